The monoisotopic (exact) mass is 258 g/mol. The first-order valence-corrected chi connectivity index (χ1v) is 5.99. The van der Waals surface area contributed by atoms with Gasteiger partial charge in [-0.2, -0.15) is 0 Å². The van der Waals surface area contributed by atoms with Crippen LogP contribution in [0.25, 0.3) is 0 Å². The van der Waals surface area contributed by atoms with Gasteiger partial charge in [-0.15, -0.1) is 0 Å². The molecule has 1 aromatic heterocycles. The first-order valence-electron chi connectivity index (χ1n) is 4.34. The van der Waals surface area contributed by atoms with Crippen LogP contribution in [0.1, 0.15) is 0 Å². The number of hydrogen-bond acceptors (Lipinski definition) is 6. The molecule has 0 radical (unpaired) electrons. The molecule has 17 heavy (non-hydrogen) atoms. The summed E-state index contributed by atoms with van der Waals surface area (Å²) < 4.78 is 23.4. The highest BCUT2D eigenvalue weighted by molar-refractivity contribution is 7.92. The third-order valence-electron chi connectivity index (χ3n) is 1.73. The molecule has 0 aliphatic carbocycles. The van der Waals surface area contributed by atoms with Crippen molar-refractivity contribution in [3.05, 3.63) is 18.5 Å². The van der Waals surface area contributed by atoms with Crippen molar-refractivity contribution in [1.82, 2.24) is 10.3 Å². The summed E-state index contributed by atoms with van der Waals surface area (Å²) in [6.45, 7) is 0. The van der Waals surface area contributed by atoms with Crippen LogP contribution in [0.3, 0.4) is 0 Å². The van der Waals surface area contributed by atoms with Crippen LogP contribution in [0.4, 0.5) is 10.5 Å². The zero-order valence-corrected chi connectivity index (χ0v) is 9.40. The summed E-state index contributed by atoms with van der Waals surface area (Å²) in [5, 5.41) is 1.65. The maximum Gasteiger partial charge on any atom is 0.318 e. The minimum absolute atomic E-state index is 0.0700. The van der Waals surface area contributed by atoms with Crippen LogP contribution in [-0.2, 0) is 14.6 Å². The van der Waals surface area contributed by atoms with E-state index in [1.807, 2.05) is 0 Å². The number of nitrogen functional groups attached to an aromatic ring is 1. The zero-order valence-electron chi connectivity index (χ0n) is 8.58. The second-order valence-electron chi connectivity index (χ2n) is 3.09. The number of carbonyl (C=O) groups excluding carboxylic acids is 2. The largest absolute Gasteiger partial charge is 0.396 e. The van der Waals surface area contributed by atoms with Gasteiger partial charge >= 0.3 is 6.03 Å². The van der Waals surface area contributed by atoms with Crippen LogP contribution in [0.15, 0.2) is 23.4 Å². The summed E-state index contributed by atoms with van der Waals surface area (Å²) in [6.07, 6.45) is 2.38. The van der Waals surface area contributed by atoms with E-state index in [0.29, 0.717) is 0 Å². The van der Waals surface area contributed by atoms with Gasteiger partial charge in [0.2, 0.25) is 5.91 Å². The molecule has 0 spiro atoms. The lowest BCUT2D eigenvalue weighted by atomic mass is 10.4. The Morgan fingerprint density at radius 2 is 2.06 bits per heavy atom. The van der Waals surface area contributed by atoms with Crippen molar-refractivity contribution in [3.8, 4) is 0 Å². The molecular weight excluding hydrogens is 248 g/mol. The van der Waals surface area contributed by atoms with Gasteiger partial charge in [0.1, 0.15) is 5.75 Å². The molecule has 9 heteroatoms. The lowest BCUT2D eigenvalue weighted by Crippen LogP contribution is -2.38. The zero-order chi connectivity index (χ0) is 13.1. The number of aromatic nitrogens is 1. The van der Waals surface area contributed by atoms with Crippen molar-refractivity contribution in [3.63, 3.8) is 0 Å². The smallest absolute Gasteiger partial charge is 0.318 e. The number of anilines is 1. The number of imide groups is 1. The van der Waals surface area contributed by atoms with E-state index in [1.165, 1.54) is 12.3 Å². The van der Waals surface area contributed by atoms with E-state index in [2.05, 4.69) is 10.7 Å². The van der Waals surface area contributed by atoms with Gasteiger partial charge in [0, 0.05) is 6.20 Å². The van der Waals surface area contributed by atoms with E-state index in [0.717, 1.165) is 6.20 Å². The van der Waals surface area contributed by atoms with Crippen molar-refractivity contribution in [2.24, 2.45) is 5.73 Å². The van der Waals surface area contributed by atoms with Crippen molar-refractivity contribution in [1.29, 1.82) is 0 Å². The average molecular weight is 258 g/mol. The number of amides is 3. The summed E-state index contributed by atoms with van der Waals surface area (Å²) in [5.41, 5.74) is 10.0. The predicted molar refractivity (Wildman–Crippen MR) is 58.4 cm³/mol. The van der Waals surface area contributed by atoms with Crippen molar-refractivity contribution < 1.29 is 18.0 Å². The number of nitrogens with one attached hydrogen (secondary N) is 1. The second kappa shape index (κ2) is 4.78. The summed E-state index contributed by atoms with van der Waals surface area (Å²) in [5.74, 6) is -1.93. The van der Waals surface area contributed by atoms with Gasteiger partial charge in [-0.1, -0.05) is 0 Å². The van der Waals surface area contributed by atoms with E-state index in [-0.39, 0.29) is 10.6 Å². The third-order valence-corrected chi connectivity index (χ3v) is 3.41. The number of sulfone groups is 1. The summed E-state index contributed by atoms with van der Waals surface area (Å²) in [4.78, 5) is 24.9. The number of rotatable bonds is 3. The molecule has 0 saturated carbocycles. The fourth-order valence-corrected chi connectivity index (χ4v) is 2.35. The molecule has 1 heterocycles. The molecule has 0 aliphatic rings. The Bertz CT molecular complexity index is 554. The highest BCUT2D eigenvalue weighted by atomic mass is 32.2. The number of nitrogens with two attached hydrogens (primary N) is 2. The van der Waals surface area contributed by atoms with Crippen molar-refractivity contribution in [2.75, 3.05) is 11.5 Å². The molecule has 0 saturated heterocycles. The molecule has 0 atom stereocenters. The molecule has 1 aromatic rings. The first-order chi connectivity index (χ1) is 7.83. The second-order valence-corrected chi connectivity index (χ2v) is 5.04. The molecule has 0 fully saturated rings. The van der Waals surface area contributed by atoms with Crippen LogP contribution < -0.4 is 16.8 Å². The van der Waals surface area contributed by atoms with E-state index in [1.54, 1.807) is 5.32 Å². The van der Waals surface area contributed by atoms with Crippen molar-refractivity contribution >= 4 is 27.5 Å². The van der Waals surface area contributed by atoms with Gasteiger partial charge in [-0.25, -0.2) is 13.2 Å². The Morgan fingerprint density at radius 1 is 1.41 bits per heavy atom. The van der Waals surface area contributed by atoms with Crippen LogP contribution in [0.2, 0.25) is 0 Å². The SMILES string of the molecule is NC(=O)NC(=O)CS(=O)(=O)c1ccncc1N. The normalized spacial score (nSPS) is 10.8. The maximum atomic E-state index is 11.7. The molecule has 5 N–H and O–H groups in total. The number of primary amides is 1. The lowest BCUT2D eigenvalue weighted by Gasteiger charge is -2.05. The molecule has 0 bridgehead atoms. The Morgan fingerprint density at radius 3 is 2.59 bits per heavy atom. The van der Waals surface area contributed by atoms with Gasteiger partial charge in [-0.3, -0.25) is 15.1 Å². The standard InChI is InChI=1S/C8H10N4O4S/c9-5-3-11-2-1-6(5)17(15,16)4-7(13)12-8(10)14/h1-3H,4,9H2,(H3,10,12,13,14). The van der Waals surface area contributed by atoms with E-state index < -0.39 is 27.5 Å². The number of pyridine rings is 1. The Labute approximate surface area is 96.9 Å². The first kappa shape index (κ1) is 12.9. The van der Waals surface area contributed by atoms with Gasteiger partial charge in [0.05, 0.1) is 16.8 Å². The lowest BCUT2D eigenvalue weighted by molar-refractivity contribution is -0.117. The number of carbonyl (C=O) groups is 2. The molecule has 0 unspecified atom stereocenters. The van der Waals surface area contributed by atoms with E-state index >= 15 is 0 Å². The van der Waals surface area contributed by atoms with E-state index in [9.17, 15) is 18.0 Å². The Balaban J connectivity index is 2.94. The van der Waals surface area contributed by atoms with Crippen LogP contribution in [-0.4, -0.2) is 31.1 Å². The molecule has 1 rings (SSSR count). The molecule has 92 valence electrons. The maximum absolute atomic E-state index is 11.7. The fourth-order valence-electron chi connectivity index (χ4n) is 1.10. The molecule has 3 amide bonds. The third kappa shape index (κ3) is 3.41. The highest BCUT2D eigenvalue weighted by Crippen LogP contribution is 2.17. The summed E-state index contributed by atoms with van der Waals surface area (Å²) in [6, 6.07) is 0.0512. The molecule has 8 nitrogen and oxygen atoms in total. The number of hydrogen-bond donors (Lipinski definition) is 3. The van der Waals surface area contributed by atoms with Gasteiger partial charge in [-0.05, 0) is 6.07 Å². The molecular formula is C8H10N4O4S. The van der Waals surface area contributed by atoms with Crippen LogP contribution in [0, 0.1) is 0 Å². The van der Waals surface area contributed by atoms with Crippen molar-refractivity contribution in [2.45, 2.75) is 4.90 Å². The van der Waals surface area contributed by atoms with Gasteiger partial charge < -0.3 is 11.5 Å². The van der Waals surface area contributed by atoms with Crippen LogP contribution in [0.5, 0.6) is 0 Å². The van der Waals surface area contributed by atoms with E-state index in [4.69, 9.17) is 5.73 Å². The minimum atomic E-state index is -3.92. The molecule has 0 aromatic carbocycles. The topological polar surface area (TPSA) is 145 Å². The summed E-state index contributed by atoms with van der Waals surface area (Å²) >= 11 is 0. The number of nitrogens with zero attached hydrogens (tertiary/aromatic N) is 1. The number of urea groups is 1. The van der Waals surface area contributed by atoms with Gasteiger partial charge in [0.25, 0.3) is 0 Å². The Kier molecular flexibility index (Phi) is 3.63. The average Bonchev–Trinajstić information content (AvgIpc) is 2.15. The quantitative estimate of drug-likeness (QED) is 0.610. The van der Waals surface area contributed by atoms with Crippen LogP contribution >= 0.6 is 0 Å². The fraction of sp³-hybridized carbons (Fsp3) is 0.125. The highest BCUT2D eigenvalue weighted by Gasteiger charge is 2.22. The summed E-state index contributed by atoms with van der Waals surface area (Å²) in [7, 11) is -3.92. The molecule has 0 aliphatic heterocycles. The predicted octanol–water partition coefficient (Wildman–Crippen LogP) is -1.37. The Hall–Kier alpha value is -2.16. The minimum Gasteiger partial charge on any atom is -0.396 e. The van der Waals surface area contributed by atoms with Gasteiger partial charge in [0.15, 0.2) is 9.84 Å².